The van der Waals surface area contributed by atoms with E-state index in [1.54, 1.807) is 30.3 Å². The fourth-order valence-electron chi connectivity index (χ4n) is 2.80. The molecule has 3 aromatic rings. The highest BCUT2D eigenvalue weighted by Crippen LogP contribution is 2.22. The average molecular weight is 410 g/mol. The number of para-hydroxylation sites is 2. The van der Waals surface area contributed by atoms with Gasteiger partial charge in [0.25, 0.3) is 15.9 Å². The van der Waals surface area contributed by atoms with Crippen LogP contribution in [0.1, 0.15) is 11.1 Å². The number of sulfonamides is 1. The van der Waals surface area contributed by atoms with E-state index >= 15 is 0 Å². The molecular weight excluding hydrogens is 388 g/mol. The van der Waals surface area contributed by atoms with Crippen LogP contribution in [0.5, 0.6) is 5.75 Å². The van der Waals surface area contributed by atoms with Gasteiger partial charge in [0.1, 0.15) is 5.75 Å². The molecule has 0 fully saturated rings. The standard InChI is InChI=1S/C22H22N2O4S/c1-16-7-6-8-17(2)22(16)28-15-21(25)23-18-11-13-20(14-12-18)29(26,27)24-19-9-4-3-5-10-19/h3-14,24H,15H2,1-2H3,(H,23,25). The molecule has 3 aromatic carbocycles. The number of amides is 1. The van der Waals surface area contributed by atoms with Gasteiger partial charge in [0, 0.05) is 11.4 Å². The van der Waals surface area contributed by atoms with Crippen LogP contribution < -0.4 is 14.8 Å². The van der Waals surface area contributed by atoms with Gasteiger partial charge in [-0.3, -0.25) is 9.52 Å². The number of hydrogen-bond acceptors (Lipinski definition) is 4. The number of carbonyl (C=O) groups excluding carboxylic acids is 1. The summed E-state index contributed by atoms with van der Waals surface area (Å²) in [5.74, 6) is 0.363. The summed E-state index contributed by atoms with van der Waals surface area (Å²) >= 11 is 0. The molecule has 3 rings (SSSR count). The van der Waals surface area contributed by atoms with Gasteiger partial charge in [-0.05, 0) is 61.4 Å². The van der Waals surface area contributed by atoms with Crippen LogP contribution in [-0.2, 0) is 14.8 Å². The van der Waals surface area contributed by atoms with E-state index in [9.17, 15) is 13.2 Å². The maximum Gasteiger partial charge on any atom is 0.262 e. The molecule has 2 N–H and O–H groups in total. The van der Waals surface area contributed by atoms with Crippen molar-refractivity contribution in [1.82, 2.24) is 0 Å². The molecule has 29 heavy (non-hydrogen) atoms. The van der Waals surface area contributed by atoms with E-state index < -0.39 is 10.0 Å². The largest absolute Gasteiger partial charge is 0.483 e. The van der Waals surface area contributed by atoms with Crippen molar-refractivity contribution in [3.05, 3.63) is 83.9 Å². The molecule has 0 aliphatic heterocycles. The summed E-state index contributed by atoms with van der Waals surface area (Å²) in [5, 5.41) is 2.70. The van der Waals surface area contributed by atoms with Crippen molar-refractivity contribution in [2.75, 3.05) is 16.6 Å². The zero-order valence-corrected chi connectivity index (χ0v) is 17.0. The Morgan fingerprint density at radius 1 is 0.828 bits per heavy atom. The van der Waals surface area contributed by atoms with Gasteiger partial charge in [0.05, 0.1) is 4.90 Å². The first-order chi connectivity index (χ1) is 13.8. The number of ether oxygens (including phenoxy) is 1. The Morgan fingerprint density at radius 3 is 2.07 bits per heavy atom. The fraction of sp³-hybridized carbons (Fsp3) is 0.136. The third-order valence-electron chi connectivity index (χ3n) is 4.23. The van der Waals surface area contributed by atoms with Crippen LogP contribution in [0.15, 0.2) is 77.7 Å². The number of benzene rings is 3. The molecule has 1 amide bonds. The second-order valence-corrected chi connectivity index (χ2v) is 8.24. The van der Waals surface area contributed by atoms with Gasteiger partial charge >= 0.3 is 0 Å². The van der Waals surface area contributed by atoms with Crippen molar-refractivity contribution in [3.8, 4) is 5.75 Å². The smallest absolute Gasteiger partial charge is 0.262 e. The van der Waals surface area contributed by atoms with Crippen LogP contribution in [0, 0.1) is 13.8 Å². The average Bonchev–Trinajstić information content (AvgIpc) is 2.68. The molecule has 0 aliphatic carbocycles. The van der Waals surface area contributed by atoms with Crippen molar-refractivity contribution in [1.29, 1.82) is 0 Å². The first-order valence-corrected chi connectivity index (χ1v) is 10.5. The number of rotatable bonds is 7. The lowest BCUT2D eigenvalue weighted by Crippen LogP contribution is -2.20. The van der Waals surface area contributed by atoms with Gasteiger partial charge in [-0.2, -0.15) is 0 Å². The second kappa shape index (κ2) is 8.79. The summed E-state index contributed by atoms with van der Waals surface area (Å²) in [7, 11) is -3.70. The predicted molar refractivity (Wildman–Crippen MR) is 114 cm³/mol. The van der Waals surface area contributed by atoms with Gasteiger partial charge in [0.2, 0.25) is 0 Å². The Hall–Kier alpha value is -3.32. The molecule has 7 heteroatoms. The number of aryl methyl sites for hydroxylation is 2. The van der Waals surface area contributed by atoms with E-state index in [4.69, 9.17) is 4.74 Å². The summed E-state index contributed by atoms with van der Waals surface area (Å²) < 4.78 is 33.0. The zero-order valence-electron chi connectivity index (χ0n) is 16.2. The van der Waals surface area contributed by atoms with Crippen molar-refractivity contribution in [2.24, 2.45) is 0 Å². The molecular formula is C22H22N2O4S. The molecule has 6 nitrogen and oxygen atoms in total. The lowest BCUT2D eigenvalue weighted by molar-refractivity contribution is -0.118. The summed E-state index contributed by atoms with van der Waals surface area (Å²) in [6.45, 7) is 3.70. The molecule has 0 saturated heterocycles. The Kier molecular flexibility index (Phi) is 6.19. The van der Waals surface area contributed by atoms with E-state index in [-0.39, 0.29) is 17.4 Å². The first kappa shape index (κ1) is 20.4. The Balaban J connectivity index is 1.60. The van der Waals surface area contributed by atoms with Crippen LogP contribution >= 0.6 is 0 Å². The van der Waals surface area contributed by atoms with Gasteiger partial charge in [-0.25, -0.2) is 8.42 Å². The van der Waals surface area contributed by atoms with Crippen LogP contribution in [0.3, 0.4) is 0 Å². The molecule has 0 radical (unpaired) electrons. The molecule has 0 aromatic heterocycles. The van der Waals surface area contributed by atoms with Gasteiger partial charge in [-0.15, -0.1) is 0 Å². The maximum atomic E-state index is 12.4. The van der Waals surface area contributed by atoms with E-state index in [1.165, 1.54) is 24.3 Å². The van der Waals surface area contributed by atoms with Crippen LogP contribution in [0.4, 0.5) is 11.4 Å². The minimum absolute atomic E-state index is 0.103. The Bertz CT molecular complexity index is 1080. The summed E-state index contributed by atoms with van der Waals surface area (Å²) in [4.78, 5) is 12.3. The van der Waals surface area contributed by atoms with Crippen molar-refractivity contribution >= 4 is 27.3 Å². The van der Waals surface area contributed by atoms with Crippen LogP contribution in [0.2, 0.25) is 0 Å². The molecule has 0 heterocycles. The third-order valence-corrected chi connectivity index (χ3v) is 5.63. The van der Waals surface area contributed by atoms with E-state index in [2.05, 4.69) is 10.0 Å². The monoisotopic (exact) mass is 410 g/mol. The highest BCUT2D eigenvalue weighted by Gasteiger charge is 2.14. The summed E-state index contributed by atoms with van der Waals surface area (Å²) in [6, 6.07) is 20.4. The van der Waals surface area contributed by atoms with Gasteiger partial charge in [-0.1, -0.05) is 36.4 Å². The zero-order chi connectivity index (χ0) is 20.9. The second-order valence-electron chi connectivity index (χ2n) is 6.55. The molecule has 0 atom stereocenters. The lowest BCUT2D eigenvalue weighted by Gasteiger charge is -2.12. The first-order valence-electron chi connectivity index (χ1n) is 9.02. The van der Waals surface area contributed by atoms with Gasteiger partial charge in [0.15, 0.2) is 6.61 Å². The molecule has 0 aliphatic rings. The van der Waals surface area contributed by atoms with Gasteiger partial charge < -0.3 is 10.1 Å². The topological polar surface area (TPSA) is 84.5 Å². The highest BCUT2D eigenvalue weighted by atomic mass is 32.2. The number of anilines is 2. The number of nitrogens with one attached hydrogen (secondary N) is 2. The minimum atomic E-state index is -3.70. The predicted octanol–water partition coefficient (Wildman–Crippen LogP) is 4.12. The SMILES string of the molecule is Cc1cccc(C)c1OCC(=O)Nc1ccc(S(=O)(=O)Nc2ccccc2)cc1. The normalized spacial score (nSPS) is 11.0. The lowest BCUT2D eigenvalue weighted by atomic mass is 10.1. The minimum Gasteiger partial charge on any atom is -0.483 e. The number of hydrogen-bond donors (Lipinski definition) is 2. The van der Waals surface area contributed by atoms with E-state index in [0.717, 1.165) is 11.1 Å². The van der Waals surface area contributed by atoms with Crippen molar-refractivity contribution in [3.63, 3.8) is 0 Å². The van der Waals surface area contributed by atoms with E-state index in [0.29, 0.717) is 17.1 Å². The summed E-state index contributed by atoms with van der Waals surface area (Å²) in [6.07, 6.45) is 0. The van der Waals surface area contributed by atoms with Crippen molar-refractivity contribution < 1.29 is 17.9 Å². The Labute approximate surface area is 170 Å². The molecule has 0 saturated carbocycles. The van der Waals surface area contributed by atoms with Crippen LogP contribution in [-0.4, -0.2) is 20.9 Å². The highest BCUT2D eigenvalue weighted by molar-refractivity contribution is 7.92. The van der Waals surface area contributed by atoms with Crippen LogP contribution in [0.25, 0.3) is 0 Å². The Morgan fingerprint density at radius 2 is 1.45 bits per heavy atom. The molecule has 150 valence electrons. The molecule has 0 unspecified atom stereocenters. The quantitative estimate of drug-likeness (QED) is 0.614. The number of carbonyl (C=O) groups is 1. The fourth-order valence-corrected chi connectivity index (χ4v) is 3.86. The molecule has 0 spiro atoms. The molecule has 0 bridgehead atoms. The third kappa shape index (κ3) is 5.36. The summed E-state index contributed by atoms with van der Waals surface area (Å²) in [5.41, 5.74) is 2.88. The van der Waals surface area contributed by atoms with E-state index in [1.807, 2.05) is 32.0 Å². The van der Waals surface area contributed by atoms with Crippen molar-refractivity contribution in [2.45, 2.75) is 18.7 Å². The maximum absolute atomic E-state index is 12.4.